The molecule has 9 heteroatoms. The van der Waals surface area contributed by atoms with Crippen LogP contribution in [-0.4, -0.2) is 30.9 Å². The van der Waals surface area contributed by atoms with Crippen molar-refractivity contribution < 1.29 is 17.6 Å². The molecule has 0 aromatic heterocycles. The molecular weight excluding hydrogens is 526 g/mol. The van der Waals surface area contributed by atoms with E-state index in [-0.39, 0.29) is 27.1 Å². The average molecular weight is 544 g/mol. The Labute approximate surface area is 187 Å². The molecule has 0 atom stereocenters. The minimum Gasteiger partial charge on any atom is -0.286 e. The lowest BCUT2D eigenvalue weighted by Crippen LogP contribution is -2.29. The van der Waals surface area contributed by atoms with E-state index in [0.29, 0.717) is 3.57 Å². The molecule has 2 aromatic rings. The first-order valence-electron chi connectivity index (χ1n) is 8.86. The van der Waals surface area contributed by atoms with Crippen molar-refractivity contribution in [2.45, 2.75) is 25.2 Å². The second kappa shape index (κ2) is 8.97. The SMILES string of the molecule is CCc1ccc(S(=O)(=O)/N=C2\S/C(=C/c3cccc(I)c3F)C(=O)N2CC)cc1. The van der Waals surface area contributed by atoms with E-state index < -0.39 is 21.7 Å². The van der Waals surface area contributed by atoms with E-state index in [1.807, 2.05) is 29.5 Å². The molecule has 0 aliphatic carbocycles. The normalized spacial score (nSPS) is 17.5. The summed E-state index contributed by atoms with van der Waals surface area (Å²) in [7, 11) is -3.98. The van der Waals surface area contributed by atoms with E-state index in [0.717, 1.165) is 23.7 Å². The lowest BCUT2D eigenvalue weighted by Gasteiger charge is -2.12. The molecule has 2 aromatic carbocycles. The van der Waals surface area contributed by atoms with Crippen LogP contribution in [-0.2, 0) is 21.2 Å². The molecule has 0 bridgehead atoms. The molecule has 152 valence electrons. The van der Waals surface area contributed by atoms with Crippen LogP contribution >= 0.6 is 34.4 Å². The smallest absolute Gasteiger partial charge is 0.284 e. The monoisotopic (exact) mass is 544 g/mol. The van der Waals surface area contributed by atoms with Crippen LogP contribution in [0.15, 0.2) is 56.7 Å². The van der Waals surface area contributed by atoms with Crippen LogP contribution in [0.5, 0.6) is 0 Å². The standard InChI is InChI=1S/C20H18FIN2O3S2/c1-3-13-8-10-15(11-9-13)29(26,27)23-20-24(4-2)19(25)17(28-20)12-14-6-5-7-16(22)18(14)21/h5-12H,3-4H2,1-2H3/b17-12+,23-20-. The van der Waals surface area contributed by atoms with Gasteiger partial charge in [-0.25, -0.2) is 4.39 Å². The van der Waals surface area contributed by atoms with Gasteiger partial charge in [0.05, 0.1) is 9.80 Å². The predicted octanol–water partition coefficient (Wildman–Crippen LogP) is 4.67. The summed E-state index contributed by atoms with van der Waals surface area (Å²) < 4.78 is 44.0. The number of amidine groups is 1. The fourth-order valence-corrected chi connectivity index (χ4v) is 5.44. The molecule has 0 unspecified atom stereocenters. The molecule has 5 nitrogen and oxygen atoms in total. The molecule has 1 amide bonds. The quantitative estimate of drug-likeness (QED) is 0.406. The summed E-state index contributed by atoms with van der Waals surface area (Å²) in [5.41, 5.74) is 1.28. The van der Waals surface area contributed by atoms with Gasteiger partial charge in [-0.1, -0.05) is 31.2 Å². The summed E-state index contributed by atoms with van der Waals surface area (Å²) in [6, 6.07) is 11.4. The van der Waals surface area contributed by atoms with E-state index in [9.17, 15) is 17.6 Å². The molecule has 3 rings (SSSR count). The van der Waals surface area contributed by atoms with Crippen molar-refractivity contribution in [1.82, 2.24) is 4.90 Å². The predicted molar refractivity (Wildman–Crippen MR) is 123 cm³/mol. The number of hydrogen-bond acceptors (Lipinski definition) is 4. The Bertz CT molecular complexity index is 1110. The van der Waals surface area contributed by atoms with Crippen LogP contribution in [0.25, 0.3) is 6.08 Å². The Balaban J connectivity index is 1.97. The number of carbonyl (C=O) groups is 1. The van der Waals surface area contributed by atoms with Crippen molar-refractivity contribution >= 4 is 61.5 Å². The molecule has 0 N–H and O–H groups in total. The third kappa shape index (κ3) is 4.72. The van der Waals surface area contributed by atoms with Crippen LogP contribution in [0.4, 0.5) is 4.39 Å². The lowest BCUT2D eigenvalue weighted by atomic mass is 10.2. The van der Waals surface area contributed by atoms with Gasteiger partial charge in [0.2, 0.25) is 0 Å². The second-order valence-corrected chi connectivity index (χ2v) is 9.92. The van der Waals surface area contributed by atoms with Gasteiger partial charge in [-0.3, -0.25) is 9.69 Å². The maximum absolute atomic E-state index is 14.3. The summed E-state index contributed by atoms with van der Waals surface area (Å²) in [5, 5.41) is 0.0642. The Morgan fingerprint density at radius 1 is 1.17 bits per heavy atom. The second-order valence-electron chi connectivity index (χ2n) is 6.15. The number of hydrogen-bond donors (Lipinski definition) is 0. The first kappa shape index (κ1) is 22.0. The largest absolute Gasteiger partial charge is 0.286 e. The van der Waals surface area contributed by atoms with Gasteiger partial charge in [-0.2, -0.15) is 8.42 Å². The van der Waals surface area contributed by atoms with E-state index >= 15 is 0 Å². The van der Waals surface area contributed by atoms with Crippen molar-refractivity contribution in [3.63, 3.8) is 0 Å². The van der Waals surface area contributed by atoms with Gasteiger partial charge < -0.3 is 0 Å². The number of rotatable bonds is 5. The van der Waals surface area contributed by atoms with Crippen molar-refractivity contribution in [3.05, 3.63) is 67.9 Å². The molecule has 1 fully saturated rings. The van der Waals surface area contributed by atoms with Crippen LogP contribution in [0.2, 0.25) is 0 Å². The van der Waals surface area contributed by atoms with E-state index in [2.05, 4.69) is 4.40 Å². The first-order valence-corrected chi connectivity index (χ1v) is 12.2. The number of halogens is 2. The van der Waals surface area contributed by atoms with Gasteiger partial charge in [-0.15, -0.1) is 4.40 Å². The maximum atomic E-state index is 14.3. The number of sulfonamides is 1. The molecule has 1 saturated heterocycles. The Kier molecular flexibility index (Phi) is 6.79. The summed E-state index contributed by atoms with van der Waals surface area (Å²) in [5.74, 6) is -0.822. The molecule has 1 heterocycles. The number of nitrogens with zero attached hydrogens (tertiary/aromatic N) is 2. The third-order valence-corrected chi connectivity index (χ3v) is 7.54. The number of benzene rings is 2. The molecule has 1 aliphatic heterocycles. The average Bonchev–Trinajstić information content (AvgIpc) is 2.99. The number of thioether (sulfide) groups is 1. The molecule has 0 saturated carbocycles. The van der Waals surface area contributed by atoms with E-state index in [1.54, 1.807) is 37.3 Å². The topological polar surface area (TPSA) is 66.8 Å². The molecule has 1 aliphatic rings. The highest BCUT2D eigenvalue weighted by atomic mass is 127. The minimum absolute atomic E-state index is 0.0624. The summed E-state index contributed by atoms with van der Waals surface area (Å²) >= 11 is 2.81. The van der Waals surface area contributed by atoms with Crippen LogP contribution in [0.1, 0.15) is 25.0 Å². The summed E-state index contributed by atoms with van der Waals surface area (Å²) in [4.78, 5) is 14.3. The summed E-state index contributed by atoms with van der Waals surface area (Å²) in [6.45, 7) is 3.96. The lowest BCUT2D eigenvalue weighted by molar-refractivity contribution is -0.122. The third-order valence-electron chi connectivity index (χ3n) is 4.30. The fourth-order valence-electron chi connectivity index (χ4n) is 2.68. The van der Waals surface area contributed by atoms with Crippen LogP contribution in [0.3, 0.4) is 0 Å². The highest BCUT2D eigenvalue weighted by molar-refractivity contribution is 14.1. The van der Waals surface area contributed by atoms with E-state index in [4.69, 9.17) is 0 Å². The van der Waals surface area contributed by atoms with Gasteiger partial charge in [0.15, 0.2) is 5.17 Å². The van der Waals surface area contributed by atoms with Crippen LogP contribution < -0.4 is 0 Å². The zero-order valence-electron chi connectivity index (χ0n) is 15.7. The fraction of sp³-hybridized carbons (Fsp3) is 0.200. The van der Waals surface area contributed by atoms with Gasteiger partial charge in [0.25, 0.3) is 15.9 Å². The minimum atomic E-state index is -3.98. The van der Waals surface area contributed by atoms with Crippen molar-refractivity contribution in [2.24, 2.45) is 4.40 Å². The highest BCUT2D eigenvalue weighted by Crippen LogP contribution is 2.34. The Hall–Kier alpha value is -1.72. The van der Waals surface area contributed by atoms with Crippen molar-refractivity contribution in [2.75, 3.05) is 6.54 Å². The van der Waals surface area contributed by atoms with Gasteiger partial charge in [0.1, 0.15) is 5.82 Å². The van der Waals surface area contributed by atoms with Crippen molar-refractivity contribution in [1.29, 1.82) is 0 Å². The first-order chi connectivity index (χ1) is 13.8. The zero-order chi connectivity index (χ0) is 21.2. The number of carbonyl (C=O) groups excluding carboxylic acids is 1. The Morgan fingerprint density at radius 2 is 1.86 bits per heavy atom. The summed E-state index contributed by atoms with van der Waals surface area (Å²) in [6.07, 6.45) is 2.23. The molecule has 29 heavy (non-hydrogen) atoms. The van der Waals surface area contributed by atoms with Crippen LogP contribution in [0, 0.1) is 9.39 Å². The van der Waals surface area contributed by atoms with E-state index in [1.165, 1.54) is 23.1 Å². The number of aryl methyl sites for hydroxylation is 1. The number of likely N-dealkylation sites (N-methyl/N-ethyl adjacent to an activating group) is 1. The molecule has 0 radical (unpaired) electrons. The molecule has 0 spiro atoms. The van der Waals surface area contributed by atoms with Gasteiger partial charge >= 0.3 is 0 Å². The number of amides is 1. The van der Waals surface area contributed by atoms with Crippen molar-refractivity contribution in [3.8, 4) is 0 Å². The highest BCUT2D eigenvalue weighted by Gasteiger charge is 2.34. The Morgan fingerprint density at radius 3 is 2.48 bits per heavy atom. The van der Waals surface area contributed by atoms with Gasteiger partial charge in [-0.05, 0) is 77.5 Å². The zero-order valence-corrected chi connectivity index (χ0v) is 19.5. The van der Waals surface area contributed by atoms with Gasteiger partial charge in [0, 0.05) is 15.7 Å². The molecular formula is C20H18FIN2O3S2. The maximum Gasteiger partial charge on any atom is 0.284 e.